The molecule has 0 saturated carbocycles. The summed E-state index contributed by atoms with van der Waals surface area (Å²) in [6.45, 7) is 10.5. The Balaban J connectivity index is 1.86. The minimum atomic E-state index is -0.238. The van der Waals surface area contributed by atoms with Gasteiger partial charge < -0.3 is 15.2 Å². The van der Waals surface area contributed by atoms with Crippen molar-refractivity contribution in [1.82, 2.24) is 19.9 Å². The highest BCUT2D eigenvalue weighted by Gasteiger charge is 2.26. The van der Waals surface area contributed by atoms with E-state index in [4.69, 9.17) is 4.98 Å². The maximum atomic E-state index is 12.7. The number of nitrogens with one attached hydrogen (secondary N) is 2. The fourth-order valence-electron chi connectivity index (χ4n) is 3.34. The maximum absolute atomic E-state index is 12.7. The number of hydrogen-bond donors (Lipinski definition) is 2. The van der Waals surface area contributed by atoms with Gasteiger partial charge in [-0.1, -0.05) is 32.9 Å². The predicted octanol–water partition coefficient (Wildman–Crippen LogP) is 5.09. The lowest BCUT2D eigenvalue weighted by Gasteiger charge is -2.24. The number of fused-ring (bicyclic) bond motifs is 1. The molecule has 2 amide bonds. The molecule has 0 aliphatic carbocycles. The van der Waals surface area contributed by atoms with Crippen LogP contribution in [0.5, 0.6) is 0 Å². The number of amides is 2. The molecule has 28 heavy (non-hydrogen) atoms. The first kappa shape index (κ1) is 19.9. The van der Waals surface area contributed by atoms with Crippen LogP contribution in [0.2, 0.25) is 0 Å². The number of benzene rings is 1. The van der Waals surface area contributed by atoms with Crippen molar-refractivity contribution in [3.63, 3.8) is 0 Å². The van der Waals surface area contributed by atoms with Crippen molar-refractivity contribution in [2.75, 3.05) is 5.32 Å². The summed E-state index contributed by atoms with van der Waals surface area (Å²) >= 11 is 0. The number of nitrogens with zero attached hydrogens (tertiary/aromatic N) is 3. The third-order valence-electron chi connectivity index (χ3n) is 4.84. The van der Waals surface area contributed by atoms with E-state index in [0.717, 1.165) is 29.1 Å². The monoisotopic (exact) mass is 379 g/mol. The second-order valence-electron chi connectivity index (χ2n) is 7.65. The van der Waals surface area contributed by atoms with E-state index in [2.05, 4.69) is 54.8 Å². The van der Waals surface area contributed by atoms with Crippen LogP contribution in [-0.4, -0.2) is 20.6 Å². The summed E-state index contributed by atoms with van der Waals surface area (Å²) < 4.78 is 2.11. The van der Waals surface area contributed by atoms with Crippen LogP contribution in [0.25, 0.3) is 11.2 Å². The minimum Gasteiger partial charge on any atom is -0.328 e. The average molecular weight is 380 g/mol. The summed E-state index contributed by atoms with van der Waals surface area (Å²) in [7, 11) is 0. The molecule has 0 radical (unpaired) electrons. The predicted molar refractivity (Wildman–Crippen MR) is 113 cm³/mol. The number of pyridine rings is 1. The second-order valence-corrected chi connectivity index (χ2v) is 7.65. The molecule has 0 aliphatic rings. The first-order chi connectivity index (χ1) is 13.4. The van der Waals surface area contributed by atoms with Gasteiger partial charge in [-0.2, -0.15) is 0 Å². The van der Waals surface area contributed by atoms with Crippen LogP contribution >= 0.6 is 0 Å². The van der Waals surface area contributed by atoms with Crippen LogP contribution in [0.4, 0.5) is 10.5 Å². The molecule has 0 unspecified atom stereocenters. The Bertz CT molecular complexity index is 943. The summed E-state index contributed by atoms with van der Waals surface area (Å²) in [5.41, 5.74) is 3.70. The van der Waals surface area contributed by atoms with Crippen LogP contribution in [0, 0.1) is 5.92 Å². The Labute approximate surface area is 166 Å². The molecular formula is C22H29N5O. The highest BCUT2D eigenvalue weighted by Crippen LogP contribution is 2.28. The van der Waals surface area contributed by atoms with E-state index in [-0.39, 0.29) is 24.0 Å². The fourth-order valence-corrected chi connectivity index (χ4v) is 3.34. The molecule has 148 valence electrons. The van der Waals surface area contributed by atoms with E-state index in [9.17, 15) is 4.79 Å². The summed E-state index contributed by atoms with van der Waals surface area (Å²) in [5.74, 6) is 0.998. The minimum absolute atomic E-state index is 0.169. The van der Waals surface area contributed by atoms with Gasteiger partial charge in [0.15, 0.2) is 5.65 Å². The molecule has 2 heterocycles. The largest absolute Gasteiger partial charge is 0.328 e. The molecule has 1 atom stereocenters. The summed E-state index contributed by atoms with van der Waals surface area (Å²) in [5, 5.41) is 6.03. The Morgan fingerprint density at radius 2 is 1.82 bits per heavy atom. The molecule has 0 saturated heterocycles. The standard InChI is InChI=1S/C22H29N5O/c1-6-16-9-11-17(12-10-16)24-22(28)26-19(14(2)3)21-25-18-8-7-13-23-20(18)27(21)15(4)5/h7-15,19H,6H2,1-5H3,(H2,24,26,28)/t19-/m1/s1. The summed E-state index contributed by atoms with van der Waals surface area (Å²) in [6, 6.07) is 11.5. The highest BCUT2D eigenvalue weighted by molar-refractivity contribution is 5.89. The second kappa shape index (κ2) is 8.42. The highest BCUT2D eigenvalue weighted by atomic mass is 16.2. The summed E-state index contributed by atoms with van der Waals surface area (Å²) in [6.07, 6.45) is 2.75. The van der Waals surface area contributed by atoms with Crippen LogP contribution in [0.3, 0.4) is 0 Å². The van der Waals surface area contributed by atoms with Gasteiger partial charge >= 0.3 is 6.03 Å². The SMILES string of the molecule is CCc1ccc(NC(=O)N[C@@H](c2nc3cccnc3n2C(C)C)C(C)C)cc1. The maximum Gasteiger partial charge on any atom is 0.319 e. The van der Waals surface area contributed by atoms with Gasteiger partial charge in [0.05, 0.1) is 6.04 Å². The van der Waals surface area contributed by atoms with Crippen molar-refractivity contribution in [3.05, 3.63) is 54.0 Å². The first-order valence-electron chi connectivity index (χ1n) is 9.90. The molecule has 6 heteroatoms. The zero-order chi connectivity index (χ0) is 20.3. The molecule has 2 aromatic heterocycles. The van der Waals surface area contributed by atoms with Gasteiger partial charge in [0.25, 0.3) is 0 Å². The Hall–Kier alpha value is -2.89. The lowest BCUT2D eigenvalue weighted by Crippen LogP contribution is -2.36. The number of carbonyl (C=O) groups is 1. The topological polar surface area (TPSA) is 71.8 Å². The third kappa shape index (κ3) is 4.16. The van der Waals surface area contributed by atoms with E-state index in [1.54, 1.807) is 6.20 Å². The lowest BCUT2D eigenvalue weighted by molar-refractivity contribution is 0.243. The zero-order valence-electron chi connectivity index (χ0n) is 17.2. The van der Waals surface area contributed by atoms with Crippen molar-refractivity contribution >= 4 is 22.9 Å². The van der Waals surface area contributed by atoms with Gasteiger partial charge in [-0.05, 0) is 56.0 Å². The molecular weight excluding hydrogens is 350 g/mol. The normalized spacial score (nSPS) is 12.5. The number of aryl methyl sites for hydroxylation is 1. The van der Waals surface area contributed by atoms with Crippen molar-refractivity contribution in [2.24, 2.45) is 5.92 Å². The molecule has 6 nitrogen and oxygen atoms in total. The van der Waals surface area contributed by atoms with Gasteiger partial charge in [0.2, 0.25) is 0 Å². The van der Waals surface area contributed by atoms with E-state index in [0.29, 0.717) is 0 Å². The summed E-state index contributed by atoms with van der Waals surface area (Å²) in [4.78, 5) is 22.0. The Morgan fingerprint density at radius 3 is 2.43 bits per heavy atom. The van der Waals surface area contributed by atoms with Crippen molar-refractivity contribution in [3.8, 4) is 0 Å². The first-order valence-corrected chi connectivity index (χ1v) is 9.90. The smallest absolute Gasteiger partial charge is 0.319 e. The van der Waals surface area contributed by atoms with Crippen LogP contribution in [-0.2, 0) is 6.42 Å². The van der Waals surface area contributed by atoms with Gasteiger partial charge in [-0.3, -0.25) is 0 Å². The Kier molecular flexibility index (Phi) is 5.97. The van der Waals surface area contributed by atoms with Gasteiger partial charge in [-0.25, -0.2) is 14.8 Å². The Morgan fingerprint density at radius 1 is 1.11 bits per heavy atom. The molecule has 3 rings (SSSR count). The fraction of sp³-hybridized carbons (Fsp3) is 0.409. The lowest BCUT2D eigenvalue weighted by atomic mass is 10.0. The van der Waals surface area contributed by atoms with E-state index >= 15 is 0 Å². The molecule has 0 spiro atoms. The molecule has 0 bridgehead atoms. The van der Waals surface area contributed by atoms with Crippen molar-refractivity contribution in [1.29, 1.82) is 0 Å². The number of rotatable bonds is 6. The number of carbonyl (C=O) groups excluding carboxylic acids is 1. The van der Waals surface area contributed by atoms with E-state index in [1.165, 1.54) is 5.56 Å². The molecule has 2 N–H and O–H groups in total. The zero-order valence-corrected chi connectivity index (χ0v) is 17.2. The molecule has 1 aromatic carbocycles. The quantitative estimate of drug-likeness (QED) is 0.626. The number of urea groups is 1. The van der Waals surface area contributed by atoms with E-state index in [1.807, 2.05) is 36.4 Å². The van der Waals surface area contributed by atoms with Crippen LogP contribution in [0.15, 0.2) is 42.6 Å². The van der Waals surface area contributed by atoms with E-state index < -0.39 is 0 Å². The average Bonchev–Trinajstić information content (AvgIpc) is 3.05. The molecule has 3 aromatic rings. The van der Waals surface area contributed by atoms with Gasteiger partial charge in [0.1, 0.15) is 11.3 Å². The third-order valence-corrected chi connectivity index (χ3v) is 4.84. The van der Waals surface area contributed by atoms with Crippen LogP contribution in [0.1, 0.15) is 58.1 Å². The molecule has 0 fully saturated rings. The number of anilines is 1. The number of aromatic nitrogens is 3. The molecule has 0 aliphatic heterocycles. The number of imidazole rings is 1. The number of hydrogen-bond acceptors (Lipinski definition) is 3. The van der Waals surface area contributed by atoms with Gasteiger partial charge in [-0.15, -0.1) is 0 Å². The van der Waals surface area contributed by atoms with Crippen molar-refractivity contribution in [2.45, 2.75) is 53.1 Å². The van der Waals surface area contributed by atoms with Crippen LogP contribution < -0.4 is 10.6 Å². The van der Waals surface area contributed by atoms with Crippen molar-refractivity contribution < 1.29 is 4.79 Å². The van der Waals surface area contributed by atoms with Gasteiger partial charge in [0, 0.05) is 17.9 Å².